The number of hydrogen-bond donors (Lipinski definition) is 0. The zero-order valence-electron chi connectivity index (χ0n) is 9.78. The molecule has 8 heteroatoms. The van der Waals surface area contributed by atoms with Crippen molar-refractivity contribution in [1.82, 2.24) is 20.2 Å². The van der Waals surface area contributed by atoms with E-state index in [1.54, 1.807) is 6.92 Å². The third kappa shape index (κ3) is 2.42. The largest absolute Gasteiger partial charge is 0.467 e. The topological polar surface area (TPSA) is 100 Å². The van der Waals surface area contributed by atoms with Crippen molar-refractivity contribution in [2.45, 2.75) is 6.92 Å². The maximum absolute atomic E-state index is 11.3. The Morgan fingerprint density at radius 1 is 1.33 bits per heavy atom. The molecule has 2 aromatic heterocycles. The Kier molecular flexibility index (Phi) is 3.46. The van der Waals surface area contributed by atoms with E-state index >= 15 is 0 Å². The molecule has 0 spiro atoms. The lowest BCUT2D eigenvalue weighted by Gasteiger charge is -1.97. The monoisotopic (exact) mass is 250 g/mol. The highest BCUT2D eigenvalue weighted by atomic mass is 16.5. The number of nitrogens with zero attached hydrogens (tertiary/aromatic N) is 4. The first kappa shape index (κ1) is 12.0. The van der Waals surface area contributed by atoms with Crippen LogP contribution in [0.25, 0.3) is 11.5 Å². The lowest BCUT2D eigenvalue weighted by Crippen LogP contribution is -2.04. The lowest BCUT2D eigenvalue weighted by atomic mass is 10.3. The molecule has 2 rings (SSSR count). The fraction of sp³-hybridized carbons (Fsp3) is 0.300. The molecule has 0 radical (unpaired) electrons. The molecule has 0 aliphatic carbocycles. The molecule has 0 bridgehead atoms. The Morgan fingerprint density at radius 3 is 2.67 bits per heavy atom. The summed E-state index contributed by atoms with van der Waals surface area (Å²) < 4.78 is 14.7. The number of rotatable bonds is 4. The van der Waals surface area contributed by atoms with Gasteiger partial charge in [0.2, 0.25) is 0 Å². The van der Waals surface area contributed by atoms with E-state index in [1.807, 2.05) is 0 Å². The van der Waals surface area contributed by atoms with Crippen LogP contribution in [-0.4, -0.2) is 39.9 Å². The smallest absolute Gasteiger partial charge is 0.396 e. The molecule has 2 heterocycles. The Bertz CT molecular complexity index is 537. The van der Waals surface area contributed by atoms with E-state index in [0.717, 1.165) is 0 Å². The third-order valence-electron chi connectivity index (χ3n) is 1.93. The summed E-state index contributed by atoms with van der Waals surface area (Å²) in [6.45, 7) is 1.93. The van der Waals surface area contributed by atoms with Crippen molar-refractivity contribution < 1.29 is 18.7 Å². The predicted octanol–water partition coefficient (Wildman–Crippen LogP) is 0.712. The molecule has 0 unspecified atom stereocenters. The molecular weight excluding hydrogens is 240 g/mol. The zero-order chi connectivity index (χ0) is 13.0. The van der Waals surface area contributed by atoms with Gasteiger partial charge in [0, 0.05) is 12.4 Å². The molecule has 8 nitrogen and oxygen atoms in total. The van der Waals surface area contributed by atoms with Crippen molar-refractivity contribution in [2.75, 3.05) is 13.7 Å². The van der Waals surface area contributed by atoms with E-state index in [9.17, 15) is 4.79 Å². The molecule has 0 saturated carbocycles. The minimum Gasteiger partial charge on any atom is -0.467 e. The van der Waals surface area contributed by atoms with E-state index in [4.69, 9.17) is 13.9 Å². The normalized spacial score (nSPS) is 10.1. The summed E-state index contributed by atoms with van der Waals surface area (Å²) in [6.07, 6.45) is 2.91. The van der Waals surface area contributed by atoms with Crippen LogP contribution in [0.15, 0.2) is 16.8 Å². The molecule has 0 fully saturated rings. The van der Waals surface area contributed by atoms with Crippen molar-refractivity contribution >= 4 is 5.97 Å². The summed E-state index contributed by atoms with van der Waals surface area (Å²) in [5.41, 5.74) is 0.485. The Balaban J connectivity index is 2.20. The SMILES string of the molecule is CCOC(=O)c1nnc(-c2cnc(OC)nc2)o1. The zero-order valence-corrected chi connectivity index (χ0v) is 9.78. The summed E-state index contributed by atoms with van der Waals surface area (Å²) >= 11 is 0. The van der Waals surface area contributed by atoms with Crippen LogP contribution in [0.3, 0.4) is 0 Å². The first-order valence-corrected chi connectivity index (χ1v) is 5.11. The number of methoxy groups -OCH3 is 1. The van der Waals surface area contributed by atoms with Gasteiger partial charge < -0.3 is 13.9 Å². The van der Waals surface area contributed by atoms with Crippen LogP contribution in [0.1, 0.15) is 17.6 Å². The number of hydrogen-bond acceptors (Lipinski definition) is 8. The Morgan fingerprint density at radius 2 is 2.06 bits per heavy atom. The number of carbonyl (C=O) groups is 1. The van der Waals surface area contributed by atoms with Crippen LogP contribution in [0, 0.1) is 0 Å². The third-order valence-corrected chi connectivity index (χ3v) is 1.93. The van der Waals surface area contributed by atoms with Gasteiger partial charge in [-0.05, 0) is 6.92 Å². The highest BCUT2D eigenvalue weighted by Crippen LogP contribution is 2.17. The van der Waals surface area contributed by atoms with Crippen LogP contribution in [0.4, 0.5) is 0 Å². The van der Waals surface area contributed by atoms with Crippen LogP contribution < -0.4 is 4.74 Å². The van der Waals surface area contributed by atoms with Gasteiger partial charge in [0.1, 0.15) is 0 Å². The highest BCUT2D eigenvalue weighted by Gasteiger charge is 2.17. The van der Waals surface area contributed by atoms with E-state index in [1.165, 1.54) is 19.5 Å². The average Bonchev–Trinajstić information content (AvgIpc) is 2.89. The van der Waals surface area contributed by atoms with Crippen LogP contribution in [0.5, 0.6) is 6.01 Å². The van der Waals surface area contributed by atoms with Gasteiger partial charge in [-0.2, -0.15) is 0 Å². The summed E-state index contributed by atoms with van der Waals surface area (Å²) in [4.78, 5) is 19.1. The quantitative estimate of drug-likeness (QED) is 0.731. The molecule has 18 heavy (non-hydrogen) atoms. The fourth-order valence-electron chi connectivity index (χ4n) is 1.15. The van der Waals surface area contributed by atoms with Crippen LogP contribution in [0.2, 0.25) is 0 Å². The summed E-state index contributed by atoms with van der Waals surface area (Å²) in [7, 11) is 1.46. The van der Waals surface area contributed by atoms with Gasteiger partial charge >= 0.3 is 17.9 Å². The number of carbonyl (C=O) groups excluding carboxylic acids is 1. The van der Waals surface area contributed by atoms with Crippen LogP contribution >= 0.6 is 0 Å². The summed E-state index contributed by atoms with van der Waals surface area (Å²) in [6, 6.07) is 0.226. The Hall–Kier alpha value is -2.51. The molecule has 0 N–H and O–H groups in total. The maximum atomic E-state index is 11.3. The van der Waals surface area contributed by atoms with Crippen molar-refractivity contribution in [3.8, 4) is 17.5 Å². The van der Waals surface area contributed by atoms with Crippen molar-refractivity contribution in [2.24, 2.45) is 0 Å². The highest BCUT2D eigenvalue weighted by molar-refractivity contribution is 5.84. The second kappa shape index (κ2) is 5.21. The molecule has 0 aliphatic rings. The molecule has 0 aliphatic heterocycles. The number of aromatic nitrogens is 4. The minimum atomic E-state index is -0.661. The maximum Gasteiger partial charge on any atom is 0.396 e. The molecule has 0 amide bonds. The van der Waals surface area contributed by atoms with Crippen molar-refractivity contribution in [1.29, 1.82) is 0 Å². The number of ether oxygens (including phenoxy) is 2. The molecule has 0 saturated heterocycles. The van der Waals surface area contributed by atoms with Gasteiger partial charge in [-0.15, -0.1) is 10.2 Å². The Labute approximate surface area is 102 Å². The average molecular weight is 250 g/mol. The van der Waals surface area contributed by atoms with E-state index in [2.05, 4.69) is 20.2 Å². The second-order valence-electron chi connectivity index (χ2n) is 3.09. The standard InChI is InChI=1S/C10H10N4O4/c1-3-17-9(15)8-14-13-7(18-8)6-4-11-10(16-2)12-5-6/h4-5H,3H2,1-2H3. The first-order chi connectivity index (χ1) is 8.74. The summed E-state index contributed by atoms with van der Waals surface area (Å²) in [5, 5.41) is 7.28. The van der Waals surface area contributed by atoms with E-state index in [-0.39, 0.29) is 24.4 Å². The van der Waals surface area contributed by atoms with Gasteiger partial charge in [0.05, 0.1) is 19.3 Å². The molecule has 0 atom stereocenters. The van der Waals surface area contributed by atoms with Gasteiger partial charge in [-0.3, -0.25) is 0 Å². The van der Waals surface area contributed by atoms with Gasteiger partial charge in [-0.25, -0.2) is 14.8 Å². The minimum absolute atomic E-state index is 0.140. The first-order valence-electron chi connectivity index (χ1n) is 5.11. The van der Waals surface area contributed by atoms with Gasteiger partial charge in [-0.1, -0.05) is 0 Å². The molecule has 2 aromatic rings. The van der Waals surface area contributed by atoms with Gasteiger partial charge in [0.25, 0.3) is 5.89 Å². The molecular formula is C10H10N4O4. The fourth-order valence-corrected chi connectivity index (χ4v) is 1.15. The van der Waals surface area contributed by atoms with Gasteiger partial charge in [0.15, 0.2) is 0 Å². The van der Waals surface area contributed by atoms with Crippen molar-refractivity contribution in [3.05, 3.63) is 18.3 Å². The number of esters is 1. The van der Waals surface area contributed by atoms with Crippen molar-refractivity contribution in [3.63, 3.8) is 0 Å². The second-order valence-corrected chi connectivity index (χ2v) is 3.09. The van der Waals surface area contributed by atoms with E-state index in [0.29, 0.717) is 5.56 Å². The molecule has 94 valence electrons. The van der Waals surface area contributed by atoms with Crippen LogP contribution in [-0.2, 0) is 4.74 Å². The molecule has 0 aromatic carbocycles. The predicted molar refractivity (Wildman–Crippen MR) is 57.8 cm³/mol. The lowest BCUT2D eigenvalue weighted by molar-refractivity contribution is 0.0481. The van der Waals surface area contributed by atoms with E-state index < -0.39 is 5.97 Å². The summed E-state index contributed by atoms with van der Waals surface area (Å²) in [5.74, 6) is -0.728.